The number of nitrogens with one attached hydrogen (secondary N) is 1. The number of hydrogen-bond acceptors (Lipinski definition) is 3. The molecule has 0 radical (unpaired) electrons. The molecule has 0 aliphatic carbocycles. The van der Waals surface area contributed by atoms with Crippen LogP contribution in [0.3, 0.4) is 0 Å². The lowest BCUT2D eigenvalue weighted by Crippen LogP contribution is -2.35. The largest absolute Gasteiger partial charge is 0.477 e. The number of carbonyl (C=O) groups is 2. The first-order valence-corrected chi connectivity index (χ1v) is 8.06. The van der Waals surface area contributed by atoms with Gasteiger partial charge in [-0.15, -0.1) is 0 Å². The van der Waals surface area contributed by atoms with E-state index in [2.05, 4.69) is 19.2 Å². The molecule has 0 aromatic heterocycles. The fourth-order valence-corrected chi connectivity index (χ4v) is 2.20. The van der Waals surface area contributed by atoms with Crippen LogP contribution < -0.4 is 5.32 Å². The third-order valence-corrected chi connectivity index (χ3v) is 3.27. The summed E-state index contributed by atoms with van der Waals surface area (Å²) in [5.41, 5.74) is 0.0520. The molecule has 0 rings (SSSR count). The van der Waals surface area contributed by atoms with Crippen LogP contribution in [0.1, 0.15) is 73.6 Å². The summed E-state index contributed by atoms with van der Waals surface area (Å²) >= 11 is 0. The number of unbranched alkanes of at least 4 members (excludes halogenated alkanes) is 1. The van der Waals surface area contributed by atoms with E-state index < -0.39 is 17.7 Å². The van der Waals surface area contributed by atoms with Crippen LogP contribution in [-0.4, -0.2) is 22.8 Å². The molecule has 2 N–H and O–H groups in total. The van der Waals surface area contributed by atoms with E-state index in [0.717, 1.165) is 24.8 Å². The van der Waals surface area contributed by atoms with Crippen molar-refractivity contribution in [2.24, 2.45) is 5.92 Å². The van der Waals surface area contributed by atoms with Crippen molar-refractivity contribution >= 4 is 12.1 Å². The Morgan fingerprint density at radius 2 is 1.82 bits per heavy atom. The van der Waals surface area contributed by atoms with Crippen LogP contribution in [0.4, 0.5) is 4.79 Å². The van der Waals surface area contributed by atoms with Crippen molar-refractivity contribution in [3.8, 4) is 0 Å². The third kappa shape index (κ3) is 8.70. The molecule has 0 aliphatic heterocycles. The maximum Gasteiger partial charge on any atom is 0.412 e. The highest BCUT2D eigenvalue weighted by Crippen LogP contribution is 2.22. The summed E-state index contributed by atoms with van der Waals surface area (Å²) in [6, 6.07) is 0. The predicted molar refractivity (Wildman–Crippen MR) is 87.6 cm³/mol. The molecule has 0 heterocycles. The Labute approximate surface area is 134 Å². The second-order valence-corrected chi connectivity index (χ2v) is 6.72. The van der Waals surface area contributed by atoms with E-state index in [1.54, 1.807) is 20.8 Å². The summed E-state index contributed by atoms with van der Waals surface area (Å²) in [6.07, 6.45) is 3.84. The minimum absolute atomic E-state index is 0.0416. The predicted octanol–water partition coefficient (Wildman–Crippen LogP) is 4.48. The topological polar surface area (TPSA) is 75.6 Å². The van der Waals surface area contributed by atoms with Gasteiger partial charge in [0.05, 0.1) is 0 Å². The van der Waals surface area contributed by atoms with Gasteiger partial charge in [-0.25, -0.2) is 9.59 Å². The van der Waals surface area contributed by atoms with E-state index in [-0.39, 0.29) is 5.70 Å². The number of hydrogen-bond donors (Lipinski definition) is 2. The average molecular weight is 313 g/mol. The second-order valence-electron chi connectivity index (χ2n) is 6.72. The number of amides is 1. The van der Waals surface area contributed by atoms with Gasteiger partial charge >= 0.3 is 12.1 Å². The quantitative estimate of drug-likeness (QED) is 0.648. The molecule has 5 heteroatoms. The zero-order valence-corrected chi connectivity index (χ0v) is 14.8. The van der Waals surface area contributed by atoms with Crippen LogP contribution in [0.2, 0.25) is 0 Å². The smallest absolute Gasteiger partial charge is 0.412 e. The molecule has 0 aromatic carbocycles. The van der Waals surface area contributed by atoms with Crippen LogP contribution in [-0.2, 0) is 9.53 Å². The van der Waals surface area contributed by atoms with Gasteiger partial charge in [-0.05, 0) is 45.1 Å². The molecular weight excluding hydrogens is 282 g/mol. The van der Waals surface area contributed by atoms with Gasteiger partial charge in [0.15, 0.2) is 0 Å². The van der Waals surface area contributed by atoms with Crippen molar-refractivity contribution in [3.05, 3.63) is 11.3 Å². The van der Waals surface area contributed by atoms with Crippen molar-refractivity contribution in [1.82, 2.24) is 5.32 Å². The van der Waals surface area contributed by atoms with Crippen LogP contribution in [0.15, 0.2) is 11.3 Å². The first-order valence-electron chi connectivity index (χ1n) is 8.06. The number of carboxylic acids is 1. The van der Waals surface area contributed by atoms with Crippen molar-refractivity contribution < 1.29 is 19.4 Å². The molecule has 0 aliphatic rings. The lowest BCUT2D eigenvalue weighted by Gasteiger charge is -2.21. The maximum absolute atomic E-state index is 11.8. The molecule has 0 spiro atoms. The highest BCUT2D eigenvalue weighted by molar-refractivity contribution is 5.91. The Morgan fingerprint density at radius 3 is 2.23 bits per heavy atom. The minimum Gasteiger partial charge on any atom is -0.477 e. The van der Waals surface area contributed by atoms with Crippen molar-refractivity contribution in [1.29, 1.82) is 0 Å². The number of rotatable bonds is 8. The number of allylic oxidation sites excluding steroid dienone is 1. The molecule has 1 amide bonds. The summed E-state index contributed by atoms with van der Waals surface area (Å²) in [4.78, 5) is 23.3. The summed E-state index contributed by atoms with van der Waals surface area (Å²) in [6.45, 7) is 11.4. The Hall–Kier alpha value is -1.52. The molecule has 0 saturated heterocycles. The highest BCUT2D eigenvalue weighted by Gasteiger charge is 2.22. The first kappa shape index (κ1) is 20.5. The van der Waals surface area contributed by atoms with E-state index in [0.29, 0.717) is 18.8 Å². The fourth-order valence-electron chi connectivity index (χ4n) is 2.20. The zero-order chi connectivity index (χ0) is 17.3. The van der Waals surface area contributed by atoms with Crippen LogP contribution in [0.5, 0.6) is 0 Å². The van der Waals surface area contributed by atoms with E-state index in [4.69, 9.17) is 4.74 Å². The first-order chi connectivity index (χ1) is 10.1. The number of carboxylic acid groups (broad SMARTS) is 1. The summed E-state index contributed by atoms with van der Waals surface area (Å²) in [5.74, 6) is -0.727. The van der Waals surface area contributed by atoms with Crippen LogP contribution in [0, 0.1) is 5.92 Å². The van der Waals surface area contributed by atoms with Crippen LogP contribution in [0.25, 0.3) is 0 Å². The SMILES string of the molecule is CCCC[C@@H](C)C/C(CC)=C(\NC(=O)OC(C)(C)C)C(=O)O. The van der Waals surface area contributed by atoms with Gasteiger partial charge in [0.1, 0.15) is 11.3 Å². The van der Waals surface area contributed by atoms with Gasteiger partial charge in [-0.2, -0.15) is 0 Å². The van der Waals surface area contributed by atoms with Crippen molar-refractivity contribution in [3.63, 3.8) is 0 Å². The molecule has 0 fully saturated rings. The van der Waals surface area contributed by atoms with Gasteiger partial charge in [0, 0.05) is 0 Å². The van der Waals surface area contributed by atoms with Gasteiger partial charge in [0.2, 0.25) is 0 Å². The maximum atomic E-state index is 11.8. The summed E-state index contributed by atoms with van der Waals surface area (Å²) in [7, 11) is 0. The summed E-state index contributed by atoms with van der Waals surface area (Å²) < 4.78 is 5.14. The van der Waals surface area contributed by atoms with Gasteiger partial charge in [-0.3, -0.25) is 5.32 Å². The van der Waals surface area contributed by atoms with E-state index in [9.17, 15) is 14.7 Å². The lowest BCUT2D eigenvalue weighted by atomic mass is 9.93. The van der Waals surface area contributed by atoms with Gasteiger partial charge < -0.3 is 9.84 Å². The zero-order valence-electron chi connectivity index (χ0n) is 14.8. The van der Waals surface area contributed by atoms with Gasteiger partial charge in [0.25, 0.3) is 0 Å². The minimum atomic E-state index is -1.12. The molecule has 0 saturated carbocycles. The Morgan fingerprint density at radius 1 is 1.23 bits per heavy atom. The molecule has 0 bridgehead atoms. The molecule has 5 nitrogen and oxygen atoms in total. The molecule has 0 aromatic rings. The number of alkyl carbamates (subject to hydrolysis) is 1. The monoisotopic (exact) mass is 313 g/mol. The van der Waals surface area contributed by atoms with Crippen molar-refractivity contribution in [2.45, 2.75) is 79.2 Å². The normalized spacial score (nSPS) is 14.1. The molecule has 128 valence electrons. The van der Waals surface area contributed by atoms with Crippen LogP contribution >= 0.6 is 0 Å². The molecule has 22 heavy (non-hydrogen) atoms. The molecule has 1 atom stereocenters. The molecule has 0 unspecified atom stereocenters. The number of aliphatic carboxylic acids is 1. The van der Waals surface area contributed by atoms with Gasteiger partial charge in [-0.1, -0.05) is 40.0 Å². The van der Waals surface area contributed by atoms with Crippen molar-refractivity contribution in [2.75, 3.05) is 0 Å². The Bertz CT molecular complexity index is 407. The van der Waals surface area contributed by atoms with E-state index >= 15 is 0 Å². The van der Waals surface area contributed by atoms with E-state index in [1.807, 2.05) is 6.92 Å². The number of ether oxygens (including phenoxy) is 1. The Balaban J connectivity index is 5.05. The molecular formula is C17H31NO4. The summed E-state index contributed by atoms with van der Waals surface area (Å²) in [5, 5.41) is 11.8. The Kier molecular flexibility index (Phi) is 8.83. The fraction of sp³-hybridized carbons (Fsp3) is 0.765. The second kappa shape index (κ2) is 9.49. The standard InChI is InChI=1S/C17H31NO4/c1-7-9-10-12(3)11-13(8-2)14(15(19)20)18-16(21)22-17(4,5)6/h12H,7-11H2,1-6H3,(H,18,21)(H,19,20)/b14-13-/t12-/m1/s1. The third-order valence-electron chi connectivity index (χ3n) is 3.27. The highest BCUT2D eigenvalue weighted by atomic mass is 16.6. The lowest BCUT2D eigenvalue weighted by molar-refractivity contribution is -0.133. The average Bonchev–Trinajstić information content (AvgIpc) is 2.37. The van der Waals surface area contributed by atoms with E-state index in [1.165, 1.54) is 0 Å². The number of carbonyl (C=O) groups excluding carboxylic acids is 1.